The Morgan fingerprint density at radius 3 is 2.62 bits per heavy atom. The number of pyridine rings is 1. The Kier molecular flexibility index (Phi) is 6.34. The van der Waals surface area contributed by atoms with Crippen LogP contribution in [0.3, 0.4) is 0 Å². The van der Waals surface area contributed by atoms with E-state index in [9.17, 15) is 5.11 Å². The maximum atomic E-state index is 9.92. The molecular formula is C17H22N2O2. The highest BCUT2D eigenvalue weighted by Gasteiger charge is 2.09. The first-order chi connectivity index (χ1) is 10.3. The van der Waals surface area contributed by atoms with Gasteiger partial charge in [0.25, 0.3) is 0 Å². The van der Waals surface area contributed by atoms with E-state index in [0.29, 0.717) is 19.7 Å². The van der Waals surface area contributed by atoms with Crippen molar-refractivity contribution in [2.45, 2.75) is 25.7 Å². The van der Waals surface area contributed by atoms with Gasteiger partial charge in [-0.05, 0) is 24.6 Å². The van der Waals surface area contributed by atoms with E-state index >= 15 is 0 Å². The van der Waals surface area contributed by atoms with E-state index < -0.39 is 6.10 Å². The maximum Gasteiger partial charge on any atom is 0.0898 e. The number of aromatic nitrogens is 1. The third kappa shape index (κ3) is 5.63. The summed E-state index contributed by atoms with van der Waals surface area (Å²) in [6.07, 6.45) is 1.22. The molecule has 2 N–H and O–H groups in total. The van der Waals surface area contributed by atoms with E-state index in [4.69, 9.17) is 4.74 Å². The summed E-state index contributed by atoms with van der Waals surface area (Å²) in [6.45, 7) is 3.43. The summed E-state index contributed by atoms with van der Waals surface area (Å²) in [7, 11) is 0. The molecule has 0 fully saturated rings. The maximum absolute atomic E-state index is 9.92. The van der Waals surface area contributed by atoms with Crippen LogP contribution in [0.25, 0.3) is 0 Å². The lowest BCUT2D eigenvalue weighted by atomic mass is 10.1. The zero-order valence-corrected chi connectivity index (χ0v) is 12.3. The lowest BCUT2D eigenvalue weighted by Crippen LogP contribution is -2.30. The Bertz CT molecular complexity index is 505. The first-order valence-corrected chi connectivity index (χ1v) is 7.21. The van der Waals surface area contributed by atoms with Gasteiger partial charge < -0.3 is 15.2 Å². The SMILES string of the molecule is CC(OCC(O)CNCc1ccccn1)c1ccccc1. The second-order valence-corrected chi connectivity index (χ2v) is 4.99. The summed E-state index contributed by atoms with van der Waals surface area (Å²) < 4.78 is 5.69. The monoisotopic (exact) mass is 286 g/mol. The molecule has 0 spiro atoms. The molecule has 4 heteroatoms. The molecule has 0 amide bonds. The van der Waals surface area contributed by atoms with Gasteiger partial charge in [-0.3, -0.25) is 4.98 Å². The zero-order valence-electron chi connectivity index (χ0n) is 12.3. The first-order valence-electron chi connectivity index (χ1n) is 7.21. The largest absolute Gasteiger partial charge is 0.389 e. The number of nitrogens with one attached hydrogen (secondary N) is 1. The van der Waals surface area contributed by atoms with Crippen LogP contribution in [0.1, 0.15) is 24.3 Å². The van der Waals surface area contributed by atoms with Crippen molar-refractivity contribution in [2.24, 2.45) is 0 Å². The Labute approximate surface area is 125 Å². The van der Waals surface area contributed by atoms with Crippen molar-refractivity contribution >= 4 is 0 Å². The Hall–Kier alpha value is -1.75. The van der Waals surface area contributed by atoms with Gasteiger partial charge in [-0.15, -0.1) is 0 Å². The predicted molar refractivity (Wildman–Crippen MR) is 82.8 cm³/mol. The molecule has 2 rings (SSSR count). The molecule has 0 aliphatic heterocycles. The highest BCUT2D eigenvalue weighted by Crippen LogP contribution is 2.15. The minimum atomic E-state index is -0.528. The molecule has 4 nitrogen and oxygen atoms in total. The standard InChI is InChI=1S/C17H22N2O2/c1-14(15-7-3-2-4-8-15)21-13-17(20)12-18-11-16-9-5-6-10-19-16/h2-10,14,17-18,20H,11-13H2,1H3. The van der Waals surface area contributed by atoms with Gasteiger partial charge in [0, 0.05) is 19.3 Å². The predicted octanol–water partition coefficient (Wildman–Crippen LogP) is 2.31. The molecule has 112 valence electrons. The Morgan fingerprint density at radius 2 is 1.90 bits per heavy atom. The Balaban J connectivity index is 1.64. The molecule has 2 unspecified atom stereocenters. The van der Waals surface area contributed by atoms with Gasteiger partial charge in [0.2, 0.25) is 0 Å². The number of ether oxygens (including phenoxy) is 1. The van der Waals surface area contributed by atoms with Crippen LogP contribution in [0.4, 0.5) is 0 Å². The highest BCUT2D eigenvalue weighted by atomic mass is 16.5. The molecule has 21 heavy (non-hydrogen) atoms. The molecule has 1 aromatic heterocycles. The second kappa shape index (κ2) is 8.52. The normalized spacial score (nSPS) is 13.8. The summed E-state index contributed by atoms with van der Waals surface area (Å²) in [5.74, 6) is 0. The number of benzene rings is 1. The quantitative estimate of drug-likeness (QED) is 0.782. The molecule has 0 aliphatic carbocycles. The molecule has 0 radical (unpaired) electrons. The van der Waals surface area contributed by atoms with E-state index in [1.54, 1.807) is 6.20 Å². The summed E-state index contributed by atoms with van der Waals surface area (Å²) >= 11 is 0. The van der Waals surface area contributed by atoms with E-state index in [1.807, 2.05) is 55.5 Å². The van der Waals surface area contributed by atoms with E-state index in [2.05, 4.69) is 10.3 Å². The second-order valence-electron chi connectivity index (χ2n) is 4.99. The van der Waals surface area contributed by atoms with Gasteiger partial charge in [-0.1, -0.05) is 36.4 Å². The van der Waals surface area contributed by atoms with Crippen LogP contribution in [0.2, 0.25) is 0 Å². The van der Waals surface area contributed by atoms with E-state index in [1.165, 1.54) is 0 Å². The van der Waals surface area contributed by atoms with Crippen LogP contribution in [0.5, 0.6) is 0 Å². The van der Waals surface area contributed by atoms with Crippen LogP contribution in [-0.2, 0) is 11.3 Å². The number of rotatable bonds is 8. The summed E-state index contributed by atoms with van der Waals surface area (Å²) in [6, 6.07) is 15.8. The van der Waals surface area contributed by atoms with Crippen molar-refractivity contribution in [1.82, 2.24) is 10.3 Å². The van der Waals surface area contributed by atoms with Crippen LogP contribution >= 0.6 is 0 Å². The van der Waals surface area contributed by atoms with Crippen molar-refractivity contribution in [2.75, 3.05) is 13.2 Å². The molecule has 1 heterocycles. The number of aliphatic hydroxyl groups is 1. The van der Waals surface area contributed by atoms with E-state index in [0.717, 1.165) is 11.3 Å². The summed E-state index contributed by atoms with van der Waals surface area (Å²) in [4.78, 5) is 4.21. The fourth-order valence-corrected chi connectivity index (χ4v) is 2.00. The van der Waals surface area contributed by atoms with Crippen molar-refractivity contribution < 1.29 is 9.84 Å². The molecule has 0 aliphatic rings. The summed E-state index contributed by atoms with van der Waals surface area (Å²) in [5.41, 5.74) is 2.08. The number of nitrogens with zero attached hydrogens (tertiary/aromatic N) is 1. The number of aliphatic hydroxyl groups excluding tert-OH is 1. The van der Waals surface area contributed by atoms with Gasteiger partial charge in [0.1, 0.15) is 0 Å². The minimum absolute atomic E-state index is 0.0170. The topological polar surface area (TPSA) is 54.4 Å². The third-order valence-corrected chi connectivity index (χ3v) is 3.22. The van der Waals surface area contributed by atoms with Gasteiger partial charge in [-0.2, -0.15) is 0 Å². The molecule has 0 saturated carbocycles. The van der Waals surface area contributed by atoms with Crippen LogP contribution in [0.15, 0.2) is 54.7 Å². The van der Waals surface area contributed by atoms with Gasteiger partial charge >= 0.3 is 0 Å². The highest BCUT2D eigenvalue weighted by molar-refractivity contribution is 5.16. The van der Waals surface area contributed by atoms with Crippen LogP contribution < -0.4 is 5.32 Å². The van der Waals surface area contributed by atoms with Gasteiger partial charge in [-0.25, -0.2) is 0 Å². The summed E-state index contributed by atoms with van der Waals surface area (Å²) in [5, 5.41) is 13.1. The molecule has 0 bridgehead atoms. The average molecular weight is 286 g/mol. The Morgan fingerprint density at radius 1 is 1.14 bits per heavy atom. The fraction of sp³-hybridized carbons (Fsp3) is 0.353. The fourth-order valence-electron chi connectivity index (χ4n) is 2.00. The first kappa shape index (κ1) is 15.6. The molecule has 0 saturated heterocycles. The average Bonchev–Trinajstić information content (AvgIpc) is 2.54. The molecule has 1 aromatic carbocycles. The minimum Gasteiger partial charge on any atom is -0.389 e. The van der Waals surface area contributed by atoms with Gasteiger partial charge in [0.05, 0.1) is 24.5 Å². The smallest absolute Gasteiger partial charge is 0.0898 e. The number of hydrogen-bond acceptors (Lipinski definition) is 4. The van der Waals surface area contributed by atoms with Crippen molar-refractivity contribution in [3.05, 3.63) is 66.0 Å². The number of hydrogen-bond donors (Lipinski definition) is 2. The molecular weight excluding hydrogens is 264 g/mol. The van der Waals surface area contributed by atoms with Crippen molar-refractivity contribution in [3.8, 4) is 0 Å². The lowest BCUT2D eigenvalue weighted by molar-refractivity contribution is -0.00214. The lowest BCUT2D eigenvalue weighted by Gasteiger charge is -2.17. The molecule has 2 atom stereocenters. The van der Waals surface area contributed by atoms with Crippen molar-refractivity contribution in [3.63, 3.8) is 0 Å². The van der Waals surface area contributed by atoms with Crippen LogP contribution in [-0.4, -0.2) is 29.3 Å². The van der Waals surface area contributed by atoms with Crippen molar-refractivity contribution in [1.29, 1.82) is 0 Å². The van der Waals surface area contributed by atoms with Crippen LogP contribution in [0, 0.1) is 0 Å². The third-order valence-electron chi connectivity index (χ3n) is 3.22. The molecule has 2 aromatic rings. The van der Waals surface area contributed by atoms with Gasteiger partial charge in [0.15, 0.2) is 0 Å². The van der Waals surface area contributed by atoms with E-state index in [-0.39, 0.29) is 6.10 Å². The zero-order chi connectivity index (χ0) is 14.9.